The first kappa shape index (κ1) is 24.6. The molecule has 0 bridgehead atoms. The van der Waals surface area contributed by atoms with Crippen molar-refractivity contribution < 1.29 is 22.7 Å². The van der Waals surface area contributed by atoms with E-state index in [4.69, 9.17) is 27.9 Å². The third kappa shape index (κ3) is 6.12. The van der Waals surface area contributed by atoms with E-state index in [1.165, 1.54) is 12.1 Å². The summed E-state index contributed by atoms with van der Waals surface area (Å²) in [6.07, 6.45) is -0.462. The van der Waals surface area contributed by atoms with Gasteiger partial charge in [-0.1, -0.05) is 35.3 Å². The van der Waals surface area contributed by atoms with E-state index in [1.54, 1.807) is 36.5 Å². The third-order valence-electron chi connectivity index (χ3n) is 4.82. The van der Waals surface area contributed by atoms with E-state index < -0.39 is 22.7 Å². The van der Waals surface area contributed by atoms with Crippen LogP contribution in [0.1, 0.15) is 16.8 Å². The lowest BCUT2D eigenvalue weighted by molar-refractivity contribution is -0.137. The number of ether oxygens (including phenoxy) is 1. The largest absolute Gasteiger partial charge is 0.456 e. The lowest BCUT2D eigenvalue weighted by atomic mass is 10.1. The van der Waals surface area contributed by atoms with Crippen LogP contribution >= 0.6 is 23.2 Å². The van der Waals surface area contributed by atoms with Crippen molar-refractivity contribution in [1.29, 1.82) is 0 Å². The maximum absolute atomic E-state index is 13.0. The number of amidine groups is 1. The second kappa shape index (κ2) is 10.4. The first-order valence-electron chi connectivity index (χ1n) is 10.3. The zero-order valence-corrected chi connectivity index (χ0v) is 19.4. The highest BCUT2D eigenvalue weighted by atomic mass is 35.5. The molecule has 0 saturated carbocycles. The summed E-state index contributed by atoms with van der Waals surface area (Å²) in [5.74, 6) is 0.884. The van der Waals surface area contributed by atoms with E-state index in [9.17, 15) is 18.0 Å². The molecule has 1 aromatic heterocycles. The number of halogens is 5. The number of hydrogen-bond acceptors (Lipinski definition) is 5. The first-order valence-corrected chi connectivity index (χ1v) is 11.0. The molecule has 1 aliphatic rings. The Morgan fingerprint density at radius 2 is 1.97 bits per heavy atom. The van der Waals surface area contributed by atoms with Gasteiger partial charge < -0.3 is 15.4 Å². The topological polar surface area (TPSA) is 75.6 Å². The minimum Gasteiger partial charge on any atom is -0.456 e. The number of aliphatic imine (C=N–C) groups is 1. The Kier molecular flexibility index (Phi) is 7.28. The zero-order chi connectivity index (χ0) is 25.0. The fourth-order valence-electron chi connectivity index (χ4n) is 3.21. The Balaban J connectivity index is 1.47. The average molecular weight is 521 g/mol. The minimum atomic E-state index is -4.64. The van der Waals surface area contributed by atoms with Crippen molar-refractivity contribution in [3.05, 3.63) is 87.7 Å². The Morgan fingerprint density at radius 1 is 1.14 bits per heavy atom. The molecule has 2 aromatic carbocycles. The molecule has 1 amide bonds. The summed E-state index contributed by atoms with van der Waals surface area (Å²) in [4.78, 5) is 20.9. The van der Waals surface area contributed by atoms with E-state index in [-0.39, 0.29) is 10.7 Å². The standard InChI is InChI=1S/C24H17Cl2F3N4O2/c25-18-6-5-15(12-17(18)24(27,28)29)33-21(34)7-4-14-2-1-3-20(22(14)26)35-16-8-9-30-19(13-16)23-31-10-11-32-23/h1-9,12-13H,10-11H2,(H,31,32)(H,33,34). The van der Waals surface area contributed by atoms with Crippen LogP contribution in [-0.4, -0.2) is 29.8 Å². The van der Waals surface area contributed by atoms with E-state index in [1.807, 2.05) is 0 Å². The van der Waals surface area contributed by atoms with Gasteiger partial charge in [-0.2, -0.15) is 13.2 Å². The number of rotatable bonds is 6. The molecule has 2 heterocycles. The predicted octanol–water partition coefficient (Wildman–Crippen LogP) is 6.20. The molecule has 6 nitrogen and oxygen atoms in total. The van der Waals surface area contributed by atoms with Gasteiger partial charge in [0.15, 0.2) is 0 Å². The van der Waals surface area contributed by atoms with Gasteiger partial charge in [-0.3, -0.25) is 14.8 Å². The highest BCUT2D eigenvalue weighted by molar-refractivity contribution is 6.33. The molecule has 35 heavy (non-hydrogen) atoms. The van der Waals surface area contributed by atoms with Gasteiger partial charge in [0.1, 0.15) is 23.0 Å². The molecule has 180 valence electrons. The van der Waals surface area contributed by atoms with Crippen LogP contribution in [0.2, 0.25) is 10.0 Å². The van der Waals surface area contributed by atoms with Crippen molar-refractivity contribution in [1.82, 2.24) is 10.3 Å². The number of carbonyl (C=O) groups is 1. The van der Waals surface area contributed by atoms with Crippen LogP contribution in [0, 0.1) is 0 Å². The van der Waals surface area contributed by atoms with Crippen LogP contribution in [-0.2, 0) is 11.0 Å². The molecule has 3 aromatic rings. The van der Waals surface area contributed by atoms with Crippen molar-refractivity contribution >= 4 is 46.7 Å². The first-order chi connectivity index (χ1) is 16.7. The summed E-state index contributed by atoms with van der Waals surface area (Å²) in [6.45, 7) is 1.43. The highest BCUT2D eigenvalue weighted by Crippen LogP contribution is 2.36. The van der Waals surface area contributed by atoms with Gasteiger partial charge >= 0.3 is 6.18 Å². The SMILES string of the molecule is O=C(C=Cc1cccc(Oc2ccnc(C3=NCCN3)c2)c1Cl)Nc1ccc(Cl)c(C(F)(F)F)c1. The van der Waals surface area contributed by atoms with Gasteiger partial charge in [-0.25, -0.2) is 0 Å². The van der Waals surface area contributed by atoms with Crippen molar-refractivity contribution in [3.8, 4) is 11.5 Å². The number of amides is 1. The molecule has 0 radical (unpaired) electrons. The summed E-state index contributed by atoms with van der Waals surface area (Å²) in [6, 6.07) is 11.5. The van der Waals surface area contributed by atoms with Crippen LogP contribution in [0.4, 0.5) is 18.9 Å². The number of hydrogen-bond donors (Lipinski definition) is 2. The fraction of sp³-hybridized carbons (Fsp3) is 0.125. The lowest BCUT2D eigenvalue weighted by Gasteiger charge is -2.11. The normalized spacial score (nSPS) is 13.5. The number of benzene rings is 2. The monoisotopic (exact) mass is 520 g/mol. The molecule has 4 rings (SSSR count). The van der Waals surface area contributed by atoms with Gasteiger partial charge in [0.25, 0.3) is 0 Å². The smallest absolute Gasteiger partial charge is 0.417 e. The molecule has 0 atom stereocenters. The molecule has 0 aliphatic carbocycles. The Hall–Kier alpha value is -3.56. The fourth-order valence-corrected chi connectivity index (χ4v) is 3.66. The number of nitrogens with zero attached hydrogens (tertiary/aromatic N) is 2. The molecule has 0 saturated heterocycles. The summed E-state index contributed by atoms with van der Waals surface area (Å²) >= 11 is 12.1. The third-order valence-corrected chi connectivity index (χ3v) is 5.56. The zero-order valence-electron chi connectivity index (χ0n) is 17.9. The van der Waals surface area contributed by atoms with Gasteiger partial charge in [0.2, 0.25) is 5.91 Å². The van der Waals surface area contributed by atoms with Crippen LogP contribution in [0.25, 0.3) is 6.08 Å². The van der Waals surface area contributed by atoms with Gasteiger partial charge in [-0.05, 0) is 42.0 Å². The number of aromatic nitrogens is 1. The molecule has 11 heteroatoms. The number of nitrogens with one attached hydrogen (secondary N) is 2. The molecule has 0 spiro atoms. The maximum Gasteiger partial charge on any atom is 0.417 e. The molecule has 1 aliphatic heterocycles. The van der Waals surface area contributed by atoms with Crippen LogP contribution in [0.3, 0.4) is 0 Å². The van der Waals surface area contributed by atoms with Crippen molar-refractivity contribution in [2.45, 2.75) is 6.18 Å². The van der Waals surface area contributed by atoms with Crippen molar-refractivity contribution in [3.63, 3.8) is 0 Å². The van der Waals surface area contributed by atoms with E-state index >= 15 is 0 Å². The second-order valence-electron chi connectivity index (χ2n) is 7.31. The van der Waals surface area contributed by atoms with Crippen molar-refractivity contribution in [2.75, 3.05) is 18.4 Å². The lowest BCUT2D eigenvalue weighted by Crippen LogP contribution is -2.20. The van der Waals surface area contributed by atoms with Gasteiger partial charge in [-0.15, -0.1) is 0 Å². The van der Waals surface area contributed by atoms with Crippen molar-refractivity contribution in [2.24, 2.45) is 4.99 Å². The van der Waals surface area contributed by atoms with Crippen LogP contribution < -0.4 is 15.4 Å². The van der Waals surface area contributed by atoms with Crippen LogP contribution in [0.5, 0.6) is 11.5 Å². The Morgan fingerprint density at radius 3 is 2.71 bits per heavy atom. The molecule has 2 N–H and O–H groups in total. The minimum absolute atomic E-state index is 0.0468. The summed E-state index contributed by atoms with van der Waals surface area (Å²) in [5.41, 5.74) is 0.0283. The van der Waals surface area contributed by atoms with E-state index in [0.717, 1.165) is 24.8 Å². The van der Waals surface area contributed by atoms with Gasteiger partial charge in [0, 0.05) is 30.6 Å². The number of anilines is 1. The molecule has 0 fully saturated rings. The Labute approximate surface area is 208 Å². The number of alkyl halides is 3. The van der Waals surface area contributed by atoms with E-state index in [0.29, 0.717) is 35.1 Å². The van der Waals surface area contributed by atoms with Crippen LogP contribution in [0.15, 0.2) is 65.8 Å². The summed E-state index contributed by atoms with van der Waals surface area (Å²) < 4.78 is 45.0. The number of carbonyl (C=O) groups excluding carboxylic acids is 1. The second-order valence-corrected chi connectivity index (χ2v) is 8.10. The average Bonchev–Trinajstić information content (AvgIpc) is 3.36. The number of pyridine rings is 1. The molecular formula is C24H17Cl2F3N4O2. The quantitative estimate of drug-likeness (QED) is 0.379. The summed E-state index contributed by atoms with van der Waals surface area (Å²) in [5, 5.41) is 5.31. The van der Waals surface area contributed by atoms with Gasteiger partial charge in [0.05, 0.1) is 22.2 Å². The Bertz CT molecular complexity index is 1330. The maximum atomic E-state index is 13.0. The summed E-state index contributed by atoms with van der Waals surface area (Å²) in [7, 11) is 0. The van der Waals surface area contributed by atoms with E-state index in [2.05, 4.69) is 20.6 Å². The highest BCUT2D eigenvalue weighted by Gasteiger charge is 2.33. The molecule has 0 unspecified atom stereocenters. The molecular weight excluding hydrogens is 504 g/mol. The predicted molar refractivity (Wildman–Crippen MR) is 129 cm³/mol.